The molecule has 3 heteroatoms. The molecule has 0 fully saturated rings. The van der Waals surface area contributed by atoms with Crippen LogP contribution in [0.1, 0.15) is 22.3 Å². The van der Waals surface area contributed by atoms with E-state index < -0.39 is 5.41 Å². The Balaban J connectivity index is 1.38. The summed E-state index contributed by atoms with van der Waals surface area (Å²) >= 11 is 0. The lowest BCUT2D eigenvalue weighted by atomic mass is 9.67. The van der Waals surface area contributed by atoms with Gasteiger partial charge in [0.1, 0.15) is 0 Å². The maximum Gasteiger partial charge on any atom is 0.164 e. The van der Waals surface area contributed by atoms with Crippen LogP contribution in [0.3, 0.4) is 0 Å². The minimum Gasteiger partial charge on any atom is -0.208 e. The fraction of sp³-hybridized carbons (Fsp3) is 0.0250. The number of aromatic nitrogens is 3. The zero-order valence-electron chi connectivity index (χ0n) is 23.4. The number of hydrogen-bond donors (Lipinski definition) is 0. The third kappa shape index (κ3) is 4.09. The molecule has 202 valence electrons. The van der Waals surface area contributed by atoms with Crippen LogP contribution in [0, 0.1) is 0 Å². The second kappa shape index (κ2) is 10.3. The zero-order chi connectivity index (χ0) is 28.6. The number of nitrogens with zero attached hydrogens (tertiary/aromatic N) is 3. The van der Waals surface area contributed by atoms with E-state index in [-0.39, 0.29) is 0 Å². The lowest BCUT2D eigenvalue weighted by Crippen LogP contribution is -2.28. The number of rotatable bonds is 5. The first kappa shape index (κ1) is 25.1. The summed E-state index contributed by atoms with van der Waals surface area (Å²) in [6.45, 7) is 0. The van der Waals surface area contributed by atoms with Crippen molar-refractivity contribution in [2.45, 2.75) is 5.41 Å². The van der Waals surface area contributed by atoms with Crippen LogP contribution in [0.25, 0.3) is 45.3 Å². The Morgan fingerprint density at radius 2 is 0.744 bits per heavy atom. The van der Waals surface area contributed by atoms with Crippen LogP contribution in [-0.4, -0.2) is 15.0 Å². The average molecular weight is 550 g/mol. The Morgan fingerprint density at radius 3 is 1.28 bits per heavy atom. The molecule has 0 spiro atoms. The van der Waals surface area contributed by atoms with Crippen molar-refractivity contribution in [3.05, 3.63) is 186 Å². The van der Waals surface area contributed by atoms with Gasteiger partial charge in [0.15, 0.2) is 17.5 Å². The Kier molecular flexibility index (Phi) is 6.01. The van der Waals surface area contributed by atoms with Crippen molar-refractivity contribution in [1.82, 2.24) is 15.0 Å². The van der Waals surface area contributed by atoms with E-state index in [1.807, 2.05) is 60.7 Å². The Bertz CT molecular complexity index is 1960. The lowest BCUT2D eigenvalue weighted by molar-refractivity contribution is 0.768. The van der Waals surface area contributed by atoms with Gasteiger partial charge in [0.25, 0.3) is 0 Å². The minimum absolute atomic E-state index is 0.434. The van der Waals surface area contributed by atoms with E-state index in [9.17, 15) is 0 Å². The van der Waals surface area contributed by atoms with Gasteiger partial charge in [-0.15, -0.1) is 0 Å². The van der Waals surface area contributed by atoms with Gasteiger partial charge in [-0.1, -0.05) is 158 Å². The van der Waals surface area contributed by atoms with Crippen molar-refractivity contribution >= 4 is 0 Å². The third-order valence-electron chi connectivity index (χ3n) is 8.42. The topological polar surface area (TPSA) is 38.7 Å². The van der Waals surface area contributed by atoms with Gasteiger partial charge < -0.3 is 0 Å². The van der Waals surface area contributed by atoms with E-state index in [4.69, 9.17) is 15.0 Å². The van der Waals surface area contributed by atoms with Crippen LogP contribution >= 0.6 is 0 Å². The van der Waals surface area contributed by atoms with Crippen molar-refractivity contribution in [3.63, 3.8) is 0 Å². The number of fused-ring (bicyclic) bond motifs is 3. The monoisotopic (exact) mass is 549 g/mol. The molecule has 1 heterocycles. The summed E-state index contributed by atoms with van der Waals surface area (Å²) in [6.07, 6.45) is 0. The van der Waals surface area contributed by atoms with E-state index >= 15 is 0 Å². The smallest absolute Gasteiger partial charge is 0.164 e. The molecule has 0 unspecified atom stereocenters. The zero-order valence-corrected chi connectivity index (χ0v) is 23.4. The van der Waals surface area contributed by atoms with Crippen LogP contribution < -0.4 is 0 Å². The van der Waals surface area contributed by atoms with Crippen molar-refractivity contribution < 1.29 is 0 Å². The first-order valence-electron chi connectivity index (χ1n) is 14.5. The molecule has 0 N–H and O–H groups in total. The van der Waals surface area contributed by atoms with E-state index in [1.165, 1.54) is 33.4 Å². The van der Waals surface area contributed by atoms with Crippen LogP contribution in [0.15, 0.2) is 164 Å². The minimum atomic E-state index is -0.434. The highest BCUT2D eigenvalue weighted by Crippen LogP contribution is 2.56. The number of hydrogen-bond acceptors (Lipinski definition) is 3. The molecule has 0 saturated heterocycles. The van der Waals surface area contributed by atoms with Crippen molar-refractivity contribution in [1.29, 1.82) is 0 Å². The van der Waals surface area contributed by atoms with Crippen molar-refractivity contribution in [2.75, 3.05) is 0 Å². The summed E-state index contributed by atoms with van der Waals surface area (Å²) in [5.74, 6) is 1.98. The second-order valence-corrected chi connectivity index (χ2v) is 10.8. The Hall–Kier alpha value is -5.67. The molecule has 0 radical (unpaired) electrons. The quantitative estimate of drug-likeness (QED) is 0.215. The molecule has 1 aliphatic carbocycles. The maximum absolute atomic E-state index is 5.01. The molecule has 7 aromatic rings. The molecule has 0 atom stereocenters. The standard InChI is InChI=1S/C40H27N3/c1-5-15-28(16-6-1)37-41-38(29-17-7-2-8-18-29)43-39(42-37)30-25-26-36-34(27-30)33-23-13-14-24-35(33)40(36,31-19-9-3-10-20-31)32-21-11-4-12-22-32/h1-27H. The van der Waals surface area contributed by atoms with Gasteiger partial charge in [-0.25, -0.2) is 15.0 Å². The average Bonchev–Trinajstić information content (AvgIpc) is 3.40. The molecule has 0 saturated carbocycles. The molecule has 1 aliphatic rings. The largest absolute Gasteiger partial charge is 0.208 e. The molecule has 43 heavy (non-hydrogen) atoms. The first-order valence-corrected chi connectivity index (χ1v) is 14.5. The first-order chi connectivity index (χ1) is 21.3. The van der Waals surface area contributed by atoms with Crippen LogP contribution in [0.4, 0.5) is 0 Å². The fourth-order valence-corrected chi connectivity index (χ4v) is 6.53. The summed E-state index contributed by atoms with van der Waals surface area (Å²) in [6, 6.07) is 57.4. The predicted octanol–water partition coefficient (Wildman–Crippen LogP) is 9.24. The summed E-state index contributed by atoms with van der Waals surface area (Å²) in [5, 5.41) is 0. The lowest BCUT2D eigenvalue weighted by Gasteiger charge is -2.33. The van der Waals surface area contributed by atoms with Gasteiger partial charge in [0.2, 0.25) is 0 Å². The van der Waals surface area contributed by atoms with Crippen LogP contribution in [0.5, 0.6) is 0 Å². The predicted molar refractivity (Wildman–Crippen MR) is 173 cm³/mol. The van der Waals surface area contributed by atoms with Gasteiger partial charge in [-0.05, 0) is 39.4 Å². The van der Waals surface area contributed by atoms with E-state index in [0.717, 1.165) is 16.7 Å². The van der Waals surface area contributed by atoms with Crippen molar-refractivity contribution in [2.24, 2.45) is 0 Å². The third-order valence-corrected chi connectivity index (χ3v) is 8.42. The van der Waals surface area contributed by atoms with E-state index in [2.05, 4.69) is 103 Å². The van der Waals surface area contributed by atoms with Crippen LogP contribution in [-0.2, 0) is 5.41 Å². The highest BCUT2D eigenvalue weighted by Gasteiger charge is 2.46. The highest BCUT2D eigenvalue weighted by atomic mass is 15.0. The molecule has 0 aliphatic heterocycles. The molecule has 3 nitrogen and oxygen atoms in total. The summed E-state index contributed by atoms with van der Waals surface area (Å²) in [4.78, 5) is 14.9. The molecule has 6 aromatic carbocycles. The van der Waals surface area contributed by atoms with Gasteiger partial charge in [0.05, 0.1) is 5.41 Å². The summed E-state index contributed by atoms with van der Waals surface area (Å²) in [7, 11) is 0. The highest BCUT2D eigenvalue weighted by molar-refractivity contribution is 5.88. The van der Waals surface area contributed by atoms with Crippen LogP contribution in [0.2, 0.25) is 0 Å². The fourth-order valence-electron chi connectivity index (χ4n) is 6.53. The number of benzene rings is 6. The molecule has 8 rings (SSSR count). The van der Waals surface area contributed by atoms with E-state index in [0.29, 0.717) is 17.5 Å². The van der Waals surface area contributed by atoms with Gasteiger partial charge in [-0.2, -0.15) is 0 Å². The van der Waals surface area contributed by atoms with Crippen molar-refractivity contribution in [3.8, 4) is 45.3 Å². The molecular weight excluding hydrogens is 522 g/mol. The molecule has 0 bridgehead atoms. The Labute approximate surface area is 251 Å². The summed E-state index contributed by atoms with van der Waals surface area (Å²) < 4.78 is 0. The van der Waals surface area contributed by atoms with Gasteiger partial charge in [-0.3, -0.25) is 0 Å². The molecular formula is C40H27N3. The SMILES string of the molecule is c1ccc(-c2nc(-c3ccccc3)nc(-c3ccc4c(c3)-c3ccccc3C4(c3ccccc3)c3ccccc3)n2)cc1. The summed E-state index contributed by atoms with van der Waals surface area (Å²) in [5.41, 5.74) is 9.91. The normalized spacial score (nSPS) is 12.8. The van der Waals surface area contributed by atoms with E-state index in [1.54, 1.807) is 0 Å². The second-order valence-electron chi connectivity index (χ2n) is 10.8. The maximum atomic E-state index is 5.01. The molecule has 0 amide bonds. The Morgan fingerprint density at radius 1 is 0.326 bits per heavy atom. The van der Waals surface area contributed by atoms with Gasteiger partial charge in [0, 0.05) is 16.7 Å². The van der Waals surface area contributed by atoms with Gasteiger partial charge >= 0.3 is 0 Å². The molecule has 1 aromatic heterocycles.